The fourth-order valence-corrected chi connectivity index (χ4v) is 2.40. The molecule has 0 fully saturated rings. The summed E-state index contributed by atoms with van der Waals surface area (Å²) in [6, 6.07) is 11.8. The highest BCUT2D eigenvalue weighted by atomic mass is 35.5. The van der Waals surface area contributed by atoms with Crippen LogP contribution in [-0.4, -0.2) is 21.9 Å². The number of rotatable bonds is 3. The van der Waals surface area contributed by atoms with Crippen LogP contribution in [0.25, 0.3) is 10.9 Å². The van der Waals surface area contributed by atoms with Crippen molar-refractivity contribution < 1.29 is 4.92 Å². The first-order valence-electron chi connectivity index (χ1n) is 6.46. The topological polar surface area (TPSA) is 72.2 Å². The molecule has 0 saturated carbocycles. The lowest BCUT2D eigenvalue weighted by Crippen LogP contribution is -2.12. The standard InChI is InChI=1S/C15H11ClN4O2/c1-19(13-3-2-8-17-15(13)16)14-7-4-10-9-11(20(21)22)5-6-12(10)18-14/h2-9H,1H3. The summed E-state index contributed by atoms with van der Waals surface area (Å²) in [5.74, 6) is 0.677. The minimum absolute atomic E-state index is 0.0470. The Balaban J connectivity index is 2.04. The Bertz CT molecular complexity index is 869. The maximum Gasteiger partial charge on any atom is 0.270 e. The normalized spacial score (nSPS) is 10.6. The Morgan fingerprint density at radius 3 is 2.77 bits per heavy atom. The zero-order valence-electron chi connectivity index (χ0n) is 11.6. The minimum Gasteiger partial charge on any atom is -0.327 e. The van der Waals surface area contributed by atoms with Crippen LogP contribution >= 0.6 is 11.6 Å². The van der Waals surface area contributed by atoms with Gasteiger partial charge in [0.05, 0.1) is 16.1 Å². The van der Waals surface area contributed by atoms with Crippen molar-refractivity contribution in [3.05, 3.63) is 63.9 Å². The van der Waals surface area contributed by atoms with Crippen molar-refractivity contribution in [3.63, 3.8) is 0 Å². The van der Waals surface area contributed by atoms with Crippen molar-refractivity contribution in [2.24, 2.45) is 0 Å². The molecule has 110 valence electrons. The zero-order valence-corrected chi connectivity index (χ0v) is 12.4. The summed E-state index contributed by atoms with van der Waals surface area (Å²) < 4.78 is 0. The van der Waals surface area contributed by atoms with E-state index in [1.807, 2.05) is 18.0 Å². The number of nitro groups is 1. The molecular formula is C15H11ClN4O2. The Kier molecular flexibility index (Phi) is 3.60. The molecule has 7 heteroatoms. The van der Waals surface area contributed by atoms with Gasteiger partial charge in [-0.15, -0.1) is 0 Å². The van der Waals surface area contributed by atoms with Gasteiger partial charge in [-0.1, -0.05) is 11.6 Å². The monoisotopic (exact) mass is 314 g/mol. The van der Waals surface area contributed by atoms with Gasteiger partial charge in [-0.05, 0) is 30.3 Å². The van der Waals surface area contributed by atoms with Crippen LogP contribution < -0.4 is 4.90 Å². The molecule has 6 nitrogen and oxygen atoms in total. The van der Waals surface area contributed by atoms with E-state index < -0.39 is 4.92 Å². The molecule has 0 bridgehead atoms. The molecule has 0 unspecified atom stereocenters. The Labute approximate surface area is 131 Å². The van der Waals surface area contributed by atoms with Crippen LogP contribution in [0.3, 0.4) is 0 Å². The number of halogens is 1. The van der Waals surface area contributed by atoms with Gasteiger partial charge >= 0.3 is 0 Å². The fraction of sp³-hybridized carbons (Fsp3) is 0.0667. The number of pyridine rings is 2. The van der Waals surface area contributed by atoms with Gasteiger partial charge in [0.25, 0.3) is 5.69 Å². The number of aromatic nitrogens is 2. The smallest absolute Gasteiger partial charge is 0.270 e. The lowest BCUT2D eigenvalue weighted by Gasteiger charge is -2.19. The van der Waals surface area contributed by atoms with Crippen LogP contribution in [0.15, 0.2) is 48.7 Å². The molecule has 0 amide bonds. The molecule has 1 aromatic carbocycles. The molecule has 0 aliphatic heterocycles. The van der Waals surface area contributed by atoms with Gasteiger partial charge in [0.15, 0.2) is 5.15 Å². The minimum atomic E-state index is -0.422. The molecule has 2 aromatic heterocycles. The molecule has 3 rings (SSSR count). The number of nitrogens with zero attached hydrogens (tertiary/aromatic N) is 4. The Morgan fingerprint density at radius 1 is 1.23 bits per heavy atom. The van der Waals surface area contributed by atoms with E-state index in [4.69, 9.17) is 11.6 Å². The lowest BCUT2D eigenvalue weighted by molar-refractivity contribution is -0.384. The summed E-state index contributed by atoms with van der Waals surface area (Å²) in [5.41, 5.74) is 1.46. The summed E-state index contributed by atoms with van der Waals surface area (Å²) >= 11 is 6.09. The highest BCUT2D eigenvalue weighted by molar-refractivity contribution is 6.32. The molecule has 0 saturated heterocycles. The third-order valence-electron chi connectivity index (χ3n) is 3.31. The van der Waals surface area contributed by atoms with Crippen LogP contribution in [0, 0.1) is 10.1 Å². The zero-order chi connectivity index (χ0) is 15.7. The summed E-state index contributed by atoms with van der Waals surface area (Å²) in [6.07, 6.45) is 1.62. The van der Waals surface area contributed by atoms with E-state index in [1.165, 1.54) is 12.1 Å². The second-order valence-electron chi connectivity index (χ2n) is 4.68. The van der Waals surface area contributed by atoms with E-state index in [2.05, 4.69) is 9.97 Å². The largest absolute Gasteiger partial charge is 0.327 e. The lowest BCUT2D eigenvalue weighted by atomic mass is 10.2. The third-order valence-corrected chi connectivity index (χ3v) is 3.60. The van der Waals surface area contributed by atoms with E-state index in [0.29, 0.717) is 21.9 Å². The van der Waals surface area contributed by atoms with Gasteiger partial charge in [0, 0.05) is 30.8 Å². The van der Waals surface area contributed by atoms with Gasteiger partial charge in [-0.2, -0.15) is 0 Å². The van der Waals surface area contributed by atoms with Crippen molar-refractivity contribution in [1.29, 1.82) is 0 Å². The Morgan fingerprint density at radius 2 is 2.05 bits per heavy atom. The SMILES string of the molecule is CN(c1ccc2cc([N+](=O)[O-])ccc2n1)c1cccnc1Cl. The average molecular weight is 315 g/mol. The molecule has 0 radical (unpaired) electrons. The van der Waals surface area contributed by atoms with Crippen LogP contribution in [0.1, 0.15) is 0 Å². The molecular weight excluding hydrogens is 304 g/mol. The molecule has 0 atom stereocenters. The molecule has 0 aliphatic carbocycles. The number of non-ortho nitro benzene ring substituents is 1. The van der Waals surface area contributed by atoms with Crippen LogP contribution in [0.5, 0.6) is 0 Å². The van der Waals surface area contributed by atoms with E-state index in [0.717, 1.165) is 5.69 Å². The highest BCUT2D eigenvalue weighted by Gasteiger charge is 2.12. The average Bonchev–Trinajstić information content (AvgIpc) is 2.53. The molecule has 22 heavy (non-hydrogen) atoms. The first-order valence-corrected chi connectivity index (χ1v) is 6.83. The Hall–Kier alpha value is -2.73. The quantitative estimate of drug-likeness (QED) is 0.415. The van der Waals surface area contributed by atoms with E-state index in [9.17, 15) is 10.1 Å². The van der Waals surface area contributed by atoms with Crippen molar-refractivity contribution in [1.82, 2.24) is 9.97 Å². The number of benzene rings is 1. The van der Waals surface area contributed by atoms with Crippen molar-refractivity contribution in [2.45, 2.75) is 0 Å². The summed E-state index contributed by atoms with van der Waals surface area (Å²) in [6.45, 7) is 0. The predicted molar refractivity (Wildman–Crippen MR) is 85.7 cm³/mol. The second kappa shape index (κ2) is 5.57. The number of hydrogen-bond acceptors (Lipinski definition) is 5. The first kappa shape index (κ1) is 14.2. The molecule has 0 aliphatic rings. The third kappa shape index (κ3) is 2.56. The highest BCUT2D eigenvalue weighted by Crippen LogP contribution is 2.29. The second-order valence-corrected chi connectivity index (χ2v) is 5.03. The summed E-state index contributed by atoms with van der Waals surface area (Å²) in [5, 5.41) is 11.9. The maximum absolute atomic E-state index is 10.8. The van der Waals surface area contributed by atoms with Crippen molar-refractivity contribution in [3.8, 4) is 0 Å². The molecule has 0 spiro atoms. The van der Waals surface area contributed by atoms with Gasteiger partial charge < -0.3 is 4.90 Å². The van der Waals surface area contributed by atoms with Crippen molar-refractivity contribution in [2.75, 3.05) is 11.9 Å². The number of nitro benzene ring substituents is 1. The van der Waals surface area contributed by atoms with Gasteiger partial charge in [0.2, 0.25) is 0 Å². The number of hydrogen-bond donors (Lipinski definition) is 0. The molecule has 0 N–H and O–H groups in total. The van der Waals surface area contributed by atoms with Gasteiger partial charge in [-0.25, -0.2) is 9.97 Å². The van der Waals surface area contributed by atoms with Gasteiger partial charge in [-0.3, -0.25) is 10.1 Å². The van der Waals surface area contributed by atoms with Gasteiger partial charge in [0.1, 0.15) is 5.82 Å². The molecule has 3 aromatic rings. The van der Waals surface area contributed by atoms with Crippen LogP contribution in [-0.2, 0) is 0 Å². The van der Waals surface area contributed by atoms with Crippen LogP contribution in [0.2, 0.25) is 5.15 Å². The summed E-state index contributed by atoms with van der Waals surface area (Å²) in [4.78, 5) is 20.7. The van der Waals surface area contributed by atoms with Crippen LogP contribution in [0.4, 0.5) is 17.2 Å². The fourth-order valence-electron chi connectivity index (χ4n) is 2.15. The van der Waals surface area contributed by atoms with E-state index in [1.54, 1.807) is 30.5 Å². The number of fused-ring (bicyclic) bond motifs is 1. The van der Waals surface area contributed by atoms with E-state index in [-0.39, 0.29) is 5.69 Å². The molecule has 2 heterocycles. The first-order chi connectivity index (χ1) is 10.6. The van der Waals surface area contributed by atoms with Crippen molar-refractivity contribution >= 4 is 39.7 Å². The predicted octanol–water partition coefficient (Wildman–Crippen LogP) is 3.96. The number of anilines is 2. The summed E-state index contributed by atoms with van der Waals surface area (Å²) in [7, 11) is 1.84. The van der Waals surface area contributed by atoms with E-state index >= 15 is 0 Å². The maximum atomic E-state index is 10.8.